The molecule has 0 aliphatic carbocycles. The van der Waals surface area contributed by atoms with E-state index in [1.807, 2.05) is 17.4 Å². The molecule has 202 valence electrons. The van der Waals surface area contributed by atoms with E-state index < -0.39 is 0 Å². The van der Waals surface area contributed by atoms with Crippen molar-refractivity contribution in [2.45, 2.75) is 0 Å². The van der Waals surface area contributed by atoms with Gasteiger partial charge in [0.25, 0.3) is 0 Å². The van der Waals surface area contributed by atoms with Crippen LogP contribution in [-0.2, 0) is 0 Å². The summed E-state index contributed by atoms with van der Waals surface area (Å²) in [6.07, 6.45) is 3.38. The van der Waals surface area contributed by atoms with Crippen LogP contribution in [-0.4, -0.2) is 9.97 Å². The van der Waals surface area contributed by atoms with E-state index in [-0.39, 0.29) is 0 Å². The Bertz CT molecular complexity index is 2220. The predicted octanol–water partition coefficient (Wildman–Crippen LogP) is 11.2. The van der Waals surface area contributed by atoms with E-state index in [9.17, 15) is 0 Å². The van der Waals surface area contributed by atoms with E-state index in [2.05, 4.69) is 149 Å². The molecule has 2 aromatic heterocycles. The lowest BCUT2D eigenvalue weighted by Crippen LogP contribution is -1.87. The molecule has 2 heterocycles. The fourth-order valence-corrected chi connectivity index (χ4v) is 7.09. The van der Waals surface area contributed by atoms with Gasteiger partial charge in [0, 0.05) is 37.5 Å². The van der Waals surface area contributed by atoms with E-state index in [4.69, 9.17) is 0 Å². The van der Waals surface area contributed by atoms with Crippen molar-refractivity contribution in [3.8, 4) is 55.8 Å². The smallest absolute Gasteiger partial charge is 0.116 e. The highest BCUT2D eigenvalue weighted by atomic mass is 32.1. The van der Waals surface area contributed by atoms with Crippen molar-refractivity contribution in [2.24, 2.45) is 0 Å². The van der Waals surface area contributed by atoms with Gasteiger partial charge in [0.1, 0.15) is 6.33 Å². The van der Waals surface area contributed by atoms with E-state index >= 15 is 0 Å². The monoisotopic (exact) mass is 566 g/mol. The van der Waals surface area contributed by atoms with Crippen LogP contribution >= 0.6 is 11.3 Å². The molecule has 0 bridgehead atoms. The molecule has 3 heteroatoms. The zero-order valence-electron chi connectivity index (χ0n) is 23.3. The van der Waals surface area contributed by atoms with Crippen molar-refractivity contribution < 1.29 is 0 Å². The molecule has 0 amide bonds. The Balaban J connectivity index is 1.32. The van der Waals surface area contributed by atoms with Crippen LogP contribution in [0.3, 0.4) is 0 Å². The first-order valence-electron chi connectivity index (χ1n) is 14.4. The third-order valence-corrected chi connectivity index (χ3v) is 9.25. The summed E-state index contributed by atoms with van der Waals surface area (Å²) in [4.78, 5) is 8.53. The fraction of sp³-hybridized carbons (Fsp3) is 0. The van der Waals surface area contributed by atoms with Crippen molar-refractivity contribution in [2.75, 3.05) is 0 Å². The minimum absolute atomic E-state index is 0.922. The topological polar surface area (TPSA) is 25.8 Å². The molecule has 0 aliphatic rings. The lowest BCUT2D eigenvalue weighted by Gasteiger charge is -2.11. The van der Waals surface area contributed by atoms with Gasteiger partial charge in [-0.25, -0.2) is 9.97 Å². The first kappa shape index (κ1) is 25.3. The van der Waals surface area contributed by atoms with E-state index in [1.165, 1.54) is 59.1 Å². The molecule has 0 radical (unpaired) electrons. The third-order valence-electron chi connectivity index (χ3n) is 8.03. The molecular weight excluding hydrogens is 541 g/mol. The first-order chi connectivity index (χ1) is 21.3. The number of rotatable bonds is 5. The van der Waals surface area contributed by atoms with Crippen molar-refractivity contribution in [1.82, 2.24) is 9.97 Å². The van der Waals surface area contributed by atoms with E-state index in [0.29, 0.717) is 0 Å². The fourth-order valence-electron chi connectivity index (χ4n) is 5.89. The van der Waals surface area contributed by atoms with Crippen LogP contribution in [0.15, 0.2) is 158 Å². The Morgan fingerprint density at radius 2 is 1.02 bits per heavy atom. The Morgan fingerprint density at radius 3 is 1.74 bits per heavy atom. The zero-order chi connectivity index (χ0) is 28.6. The van der Waals surface area contributed by atoms with Crippen LogP contribution in [0.25, 0.3) is 75.9 Å². The lowest BCUT2D eigenvalue weighted by molar-refractivity contribution is 1.17. The second-order valence-corrected chi connectivity index (χ2v) is 11.8. The molecule has 2 nitrogen and oxygen atoms in total. The average Bonchev–Trinajstić information content (AvgIpc) is 3.47. The average molecular weight is 567 g/mol. The van der Waals surface area contributed by atoms with Gasteiger partial charge >= 0.3 is 0 Å². The van der Waals surface area contributed by atoms with Crippen molar-refractivity contribution in [1.29, 1.82) is 0 Å². The molecule has 0 spiro atoms. The number of nitrogens with zero attached hydrogens (tertiary/aromatic N) is 2. The van der Waals surface area contributed by atoms with Crippen LogP contribution in [0, 0.1) is 0 Å². The SMILES string of the molecule is c1ccc(-c2ccc3sc4c(-c5cccc(-c6cccc(-c7ccncn7)c6)c5)cc(-c5ccccc5)cc4c3c2)cc1. The maximum Gasteiger partial charge on any atom is 0.116 e. The third kappa shape index (κ3) is 4.80. The second-order valence-electron chi connectivity index (χ2n) is 10.7. The van der Waals surface area contributed by atoms with Crippen molar-refractivity contribution in [3.05, 3.63) is 158 Å². The summed E-state index contributed by atoms with van der Waals surface area (Å²) in [6.45, 7) is 0. The number of benzene rings is 6. The summed E-state index contributed by atoms with van der Waals surface area (Å²) in [7, 11) is 0. The maximum absolute atomic E-state index is 4.46. The van der Waals surface area contributed by atoms with Gasteiger partial charge in [-0.3, -0.25) is 0 Å². The highest BCUT2D eigenvalue weighted by Gasteiger charge is 2.15. The summed E-state index contributed by atoms with van der Waals surface area (Å²) in [5.74, 6) is 0. The highest BCUT2D eigenvalue weighted by Crippen LogP contribution is 2.44. The summed E-state index contributed by atoms with van der Waals surface area (Å²) in [6, 6.07) is 52.4. The number of thiophene rings is 1. The number of hydrogen-bond donors (Lipinski definition) is 0. The molecule has 8 rings (SSSR count). The molecule has 0 saturated carbocycles. The van der Waals surface area contributed by atoms with Crippen LogP contribution in [0.5, 0.6) is 0 Å². The minimum atomic E-state index is 0.922. The predicted molar refractivity (Wildman–Crippen MR) is 182 cm³/mol. The van der Waals surface area contributed by atoms with Crippen molar-refractivity contribution in [3.63, 3.8) is 0 Å². The quantitative estimate of drug-likeness (QED) is 0.207. The van der Waals surface area contributed by atoms with Gasteiger partial charge in [-0.2, -0.15) is 0 Å². The Kier molecular flexibility index (Phi) is 6.36. The summed E-state index contributed by atoms with van der Waals surface area (Å²) >= 11 is 1.88. The molecule has 0 N–H and O–H groups in total. The van der Waals surface area contributed by atoms with Gasteiger partial charge in [-0.1, -0.05) is 103 Å². The molecule has 0 fully saturated rings. The Labute approximate surface area is 254 Å². The van der Waals surface area contributed by atoms with Crippen LogP contribution < -0.4 is 0 Å². The first-order valence-corrected chi connectivity index (χ1v) is 15.2. The largest absolute Gasteiger partial charge is 0.245 e. The molecule has 0 aliphatic heterocycles. The van der Waals surface area contributed by atoms with Gasteiger partial charge in [-0.05, 0) is 81.4 Å². The highest BCUT2D eigenvalue weighted by molar-refractivity contribution is 7.26. The zero-order valence-corrected chi connectivity index (χ0v) is 24.1. The molecule has 0 unspecified atom stereocenters. The molecule has 43 heavy (non-hydrogen) atoms. The van der Waals surface area contributed by atoms with Gasteiger partial charge in [-0.15, -0.1) is 11.3 Å². The Morgan fingerprint density at radius 1 is 0.419 bits per heavy atom. The number of hydrogen-bond acceptors (Lipinski definition) is 3. The van der Waals surface area contributed by atoms with Crippen LogP contribution in [0.4, 0.5) is 0 Å². The van der Waals surface area contributed by atoms with Gasteiger partial charge in [0.05, 0.1) is 5.69 Å². The minimum Gasteiger partial charge on any atom is -0.245 e. The van der Waals surface area contributed by atoms with Crippen molar-refractivity contribution >= 4 is 31.5 Å². The van der Waals surface area contributed by atoms with Crippen LogP contribution in [0.2, 0.25) is 0 Å². The Hall–Kier alpha value is -5.38. The maximum atomic E-state index is 4.46. The van der Waals surface area contributed by atoms with E-state index in [0.717, 1.165) is 16.8 Å². The van der Waals surface area contributed by atoms with Crippen LogP contribution in [0.1, 0.15) is 0 Å². The normalized spacial score (nSPS) is 11.3. The lowest BCUT2D eigenvalue weighted by atomic mass is 9.93. The summed E-state index contributed by atoms with van der Waals surface area (Å²) in [5.41, 5.74) is 11.7. The van der Waals surface area contributed by atoms with Gasteiger partial charge in [0.2, 0.25) is 0 Å². The standard InChI is InChI=1S/C40H26N2S/c1-3-9-27(10-4-1)31-17-18-39-36(23-31)37-25-34(28-11-5-2-6-12-28)24-35(40(37)43-39)32-15-7-13-29(21-32)30-14-8-16-33(22-30)38-19-20-41-26-42-38/h1-26H. The van der Waals surface area contributed by atoms with Gasteiger partial charge in [0.15, 0.2) is 0 Å². The van der Waals surface area contributed by atoms with Gasteiger partial charge < -0.3 is 0 Å². The number of fused-ring (bicyclic) bond motifs is 3. The molecule has 0 atom stereocenters. The molecule has 0 saturated heterocycles. The molecular formula is C40H26N2S. The summed E-state index contributed by atoms with van der Waals surface area (Å²) in [5, 5.41) is 2.60. The molecule has 6 aromatic carbocycles. The second kappa shape index (κ2) is 10.8. The summed E-state index contributed by atoms with van der Waals surface area (Å²) < 4.78 is 2.61. The number of aromatic nitrogens is 2. The van der Waals surface area contributed by atoms with E-state index in [1.54, 1.807) is 12.5 Å². The molecule has 8 aromatic rings.